The van der Waals surface area contributed by atoms with Gasteiger partial charge in [0, 0.05) is 6.42 Å². The summed E-state index contributed by atoms with van der Waals surface area (Å²) >= 11 is 0. The number of aliphatic carboxylic acids is 1. The molecule has 0 spiro atoms. The summed E-state index contributed by atoms with van der Waals surface area (Å²) in [7, 11) is 0. The van der Waals surface area contributed by atoms with E-state index in [0.29, 0.717) is 18.1 Å². The summed E-state index contributed by atoms with van der Waals surface area (Å²) in [6.45, 7) is 5.98. The van der Waals surface area contributed by atoms with Crippen LogP contribution in [-0.4, -0.2) is 11.1 Å². The van der Waals surface area contributed by atoms with E-state index in [2.05, 4.69) is 13.8 Å². The van der Waals surface area contributed by atoms with E-state index >= 15 is 0 Å². The first kappa shape index (κ1) is 14.4. The zero-order valence-corrected chi connectivity index (χ0v) is 12.1. The van der Waals surface area contributed by atoms with E-state index in [1.165, 1.54) is 5.56 Å². The third-order valence-corrected chi connectivity index (χ3v) is 3.79. The largest absolute Gasteiger partial charge is 0.481 e. The van der Waals surface area contributed by atoms with Crippen molar-refractivity contribution in [2.75, 3.05) is 0 Å². The van der Waals surface area contributed by atoms with Crippen LogP contribution in [0.25, 0.3) is 0 Å². The number of carbonyl (C=O) groups is 1. The maximum atomic E-state index is 11.7. The maximum Gasteiger partial charge on any atom is 0.314 e. The zero-order valence-electron chi connectivity index (χ0n) is 12.1. The SMILES string of the molecule is CC(C)c1ccc(C(C)(Cc2ccco2)C(=O)O)cc1. The fraction of sp³-hybridized carbons (Fsp3) is 0.353. The van der Waals surface area contributed by atoms with Gasteiger partial charge in [-0.25, -0.2) is 0 Å². The van der Waals surface area contributed by atoms with Gasteiger partial charge >= 0.3 is 5.97 Å². The molecule has 2 rings (SSSR count). The minimum absolute atomic E-state index is 0.344. The van der Waals surface area contributed by atoms with Crippen molar-refractivity contribution in [3.8, 4) is 0 Å². The first-order chi connectivity index (χ1) is 9.43. The molecule has 1 N–H and O–H groups in total. The summed E-state index contributed by atoms with van der Waals surface area (Å²) in [6.07, 6.45) is 1.91. The van der Waals surface area contributed by atoms with E-state index in [9.17, 15) is 9.90 Å². The Morgan fingerprint density at radius 1 is 1.25 bits per heavy atom. The van der Waals surface area contributed by atoms with Crippen molar-refractivity contribution in [3.63, 3.8) is 0 Å². The Morgan fingerprint density at radius 3 is 2.35 bits per heavy atom. The lowest BCUT2D eigenvalue weighted by Crippen LogP contribution is -2.34. The number of carboxylic acids is 1. The Balaban J connectivity index is 2.34. The third kappa shape index (κ3) is 2.77. The van der Waals surface area contributed by atoms with Crippen molar-refractivity contribution >= 4 is 5.97 Å². The Morgan fingerprint density at radius 2 is 1.90 bits per heavy atom. The predicted octanol–water partition coefficient (Wildman–Crippen LogP) is 3.99. The Bertz CT molecular complexity index is 567. The highest BCUT2D eigenvalue weighted by Gasteiger charge is 2.36. The highest BCUT2D eigenvalue weighted by atomic mass is 16.4. The van der Waals surface area contributed by atoms with Gasteiger partial charge in [0.05, 0.1) is 11.7 Å². The van der Waals surface area contributed by atoms with Crippen LogP contribution in [0.5, 0.6) is 0 Å². The van der Waals surface area contributed by atoms with Gasteiger partial charge in [-0.15, -0.1) is 0 Å². The second kappa shape index (κ2) is 5.53. The third-order valence-electron chi connectivity index (χ3n) is 3.79. The summed E-state index contributed by atoms with van der Waals surface area (Å²) in [5, 5.41) is 9.62. The number of rotatable bonds is 5. The normalized spacial score (nSPS) is 14.2. The zero-order chi connectivity index (χ0) is 14.8. The first-order valence-corrected chi connectivity index (χ1v) is 6.79. The second-order valence-electron chi connectivity index (χ2n) is 5.67. The van der Waals surface area contributed by atoms with E-state index < -0.39 is 11.4 Å². The number of benzene rings is 1. The standard InChI is InChI=1S/C17H20O3/c1-12(2)13-6-8-14(9-7-13)17(3,16(18)19)11-15-5-4-10-20-15/h4-10,12H,11H2,1-3H3,(H,18,19). The second-order valence-corrected chi connectivity index (χ2v) is 5.67. The van der Waals surface area contributed by atoms with Crippen LogP contribution in [0.4, 0.5) is 0 Å². The summed E-state index contributed by atoms with van der Waals surface area (Å²) in [4.78, 5) is 11.7. The topological polar surface area (TPSA) is 50.4 Å². The minimum Gasteiger partial charge on any atom is -0.481 e. The molecule has 106 valence electrons. The molecular formula is C17H20O3. The highest BCUT2D eigenvalue weighted by molar-refractivity contribution is 5.81. The number of hydrogen-bond donors (Lipinski definition) is 1. The van der Waals surface area contributed by atoms with Gasteiger partial charge in [-0.05, 0) is 36.1 Å². The fourth-order valence-electron chi connectivity index (χ4n) is 2.30. The smallest absolute Gasteiger partial charge is 0.314 e. The molecule has 1 heterocycles. The molecule has 0 aliphatic carbocycles. The van der Waals surface area contributed by atoms with Crippen LogP contribution in [0.2, 0.25) is 0 Å². The Labute approximate surface area is 119 Å². The van der Waals surface area contributed by atoms with E-state index in [-0.39, 0.29) is 0 Å². The van der Waals surface area contributed by atoms with Gasteiger partial charge in [0.25, 0.3) is 0 Å². The lowest BCUT2D eigenvalue weighted by molar-refractivity contribution is -0.143. The van der Waals surface area contributed by atoms with Crippen molar-refractivity contribution in [3.05, 3.63) is 59.5 Å². The molecule has 0 fully saturated rings. The van der Waals surface area contributed by atoms with Crippen LogP contribution in [-0.2, 0) is 16.6 Å². The molecule has 0 aliphatic heterocycles. The molecule has 3 heteroatoms. The van der Waals surface area contributed by atoms with Crippen molar-refractivity contribution in [1.82, 2.24) is 0 Å². The van der Waals surface area contributed by atoms with Crippen molar-refractivity contribution in [2.24, 2.45) is 0 Å². The van der Waals surface area contributed by atoms with Crippen LogP contribution in [0.15, 0.2) is 47.1 Å². The molecule has 0 amide bonds. The predicted molar refractivity (Wildman–Crippen MR) is 77.9 cm³/mol. The van der Waals surface area contributed by atoms with Crippen LogP contribution in [0.1, 0.15) is 43.6 Å². The van der Waals surface area contributed by atoms with Gasteiger partial charge in [0.15, 0.2) is 0 Å². The maximum absolute atomic E-state index is 11.7. The molecule has 0 radical (unpaired) electrons. The van der Waals surface area contributed by atoms with E-state index in [1.54, 1.807) is 19.3 Å². The monoisotopic (exact) mass is 272 g/mol. The van der Waals surface area contributed by atoms with Gasteiger partial charge in [0.2, 0.25) is 0 Å². The van der Waals surface area contributed by atoms with Gasteiger partial charge in [-0.3, -0.25) is 4.79 Å². The quantitative estimate of drug-likeness (QED) is 0.895. The molecule has 0 saturated carbocycles. The minimum atomic E-state index is -0.979. The fourth-order valence-corrected chi connectivity index (χ4v) is 2.30. The summed E-state index contributed by atoms with van der Waals surface area (Å²) in [5.74, 6) is 0.277. The molecule has 1 aromatic heterocycles. The van der Waals surface area contributed by atoms with Crippen molar-refractivity contribution < 1.29 is 14.3 Å². The van der Waals surface area contributed by atoms with E-state index in [1.807, 2.05) is 30.3 Å². The summed E-state index contributed by atoms with van der Waals surface area (Å²) < 4.78 is 5.30. The van der Waals surface area contributed by atoms with Crippen LogP contribution in [0, 0.1) is 0 Å². The molecule has 3 nitrogen and oxygen atoms in total. The number of hydrogen-bond acceptors (Lipinski definition) is 2. The number of furan rings is 1. The molecule has 0 bridgehead atoms. The van der Waals surface area contributed by atoms with Gasteiger partial charge in [0.1, 0.15) is 5.76 Å². The molecule has 1 unspecified atom stereocenters. The lowest BCUT2D eigenvalue weighted by Gasteiger charge is -2.25. The van der Waals surface area contributed by atoms with Crippen LogP contribution < -0.4 is 0 Å². The molecule has 20 heavy (non-hydrogen) atoms. The van der Waals surface area contributed by atoms with Crippen molar-refractivity contribution in [2.45, 2.75) is 38.5 Å². The van der Waals surface area contributed by atoms with Crippen molar-refractivity contribution in [1.29, 1.82) is 0 Å². The lowest BCUT2D eigenvalue weighted by atomic mass is 9.78. The highest BCUT2D eigenvalue weighted by Crippen LogP contribution is 2.30. The van der Waals surface area contributed by atoms with Gasteiger partial charge in [-0.1, -0.05) is 38.1 Å². The average Bonchev–Trinajstić information content (AvgIpc) is 2.91. The van der Waals surface area contributed by atoms with Crippen LogP contribution >= 0.6 is 0 Å². The molecular weight excluding hydrogens is 252 g/mol. The van der Waals surface area contributed by atoms with Crippen LogP contribution in [0.3, 0.4) is 0 Å². The molecule has 0 aliphatic rings. The number of carboxylic acid groups (broad SMARTS) is 1. The molecule has 1 aromatic carbocycles. The molecule has 0 saturated heterocycles. The van der Waals surface area contributed by atoms with E-state index in [4.69, 9.17) is 4.42 Å². The average molecular weight is 272 g/mol. The molecule has 2 aromatic rings. The Hall–Kier alpha value is -2.03. The first-order valence-electron chi connectivity index (χ1n) is 6.79. The summed E-state index contributed by atoms with van der Waals surface area (Å²) in [6, 6.07) is 11.4. The summed E-state index contributed by atoms with van der Waals surface area (Å²) in [5.41, 5.74) is 1.03. The van der Waals surface area contributed by atoms with Gasteiger partial charge < -0.3 is 9.52 Å². The molecule has 1 atom stereocenters. The van der Waals surface area contributed by atoms with E-state index in [0.717, 1.165) is 5.56 Å². The van der Waals surface area contributed by atoms with Gasteiger partial charge in [-0.2, -0.15) is 0 Å². The Kier molecular flexibility index (Phi) is 3.98.